The Kier molecular flexibility index (Phi) is 3.50. The first-order valence-electron chi connectivity index (χ1n) is 6.61. The number of halogens is 1. The van der Waals surface area contributed by atoms with E-state index in [0.717, 1.165) is 5.92 Å². The van der Waals surface area contributed by atoms with E-state index in [1.165, 1.54) is 56.7 Å². The molecule has 1 heteroatoms. The summed E-state index contributed by atoms with van der Waals surface area (Å²) in [6, 6.07) is 0. The SMILES string of the molecule is CC1(C)CCC(CC2(CBr)CCC2)CC1. The Labute approximate surface area is 103 Å². The van der Waals surface area contributed by atoms with Crippen molar-refractivity contribution in [3.05, 3.63) is 0 Å². The highest BCUT2D eigenvalue weighted by molar-refractivity contribution is 9.09. The van der Waals surface area contributed by atoms with Gasteiger partial charge in [0.25, 0.3) is 0 Å². The Hall–Kier alpha value is 0.480. The van der Waals surface area contributed by atoms with E-state index in [1.54, 1.807) is 0 Å². The fourth-order valence-electron chi connectivity index (χ4n) is 3.34. The Morgan fingerprint density at radius 2 is 1.67 bits per heavy atom. The van der Waals surface area contributed by atoms with Crippen molar-refractivity contribution in [3.63, 3.8) is 0 Å². The predicted octanol–water partition coefficient (Wildman–Crippen LogP) is 5.16. The molecular formula is C14H25Br. The maximum Gasteiger partial charge on any atom is 0.00880 e. The second kappa shape index (κ2) is 4.39. The van der Waals surface area contributed by atoms with Gasteiger partial charge >= 0.3 is 0 Å². The average Bonchev–Trinajstić information content (AvgIpc) is 2.14. The largest absolute Gasteiger partial charge is 0.0922 e. The number of rotatable bonds is 3. The molecule has 0 unspecified atom stereocenters. The Morgan fingerprint density at radius 1 is 1.07 bits per heavy atom. The van der Waals surface area contributed by atoms with Crippen molar-refractivity contribution in [2.45, 2.75) is 65.2 Å². The van der Waals surface area contributed by atoms with E-state index in [2.05, 4.69) is 29.8 Å². The molecule has 0 nitrogen and oxygen atoms in total. The van der Waals surface area contributed by atoms with Gasteiger partial charge in [-0.25, -0.2) is 0 Å². The summed E-state index contributed by atoms with van der Waals surface area (Å²) < 4.78 is 0. The molecule has 0 N–H and O–H groups in total. The molecule has 0 bridgehead atoms. The summed E-state index contributed by atoms with van der Waals surface area (Å²) in [6.07, 6.45) is 11.8. The lowest BCUT2D eigenvalue weighted by Gasteiger charge is -2.45. The fourth-order valence-corrected chi connectivity index (χ4v) is 4.13. The number of hydrogen-bond acceptors (Lipinski definition) is 0. The molecule has 0 radical (unpaired) electrons. The summed E-state index contributed by atoms with van der Waals surface area (Å²) in [4.78, 5) is 0. The van der Waals surface area contributed by atoms with Gasteiger partial charge in [-0.3, -0.25) is 0 Å². The maximum atomic E-state index is 3.73. The second-order valence-electron chi connectivity index (χ2n) is 6.80. The van der Waals surface area contributed by atoms with Crippen molar-refractivity contribution in [2.75, 3.05) is 5.33 Å². The molecule has 0 saturated heterocycles. The van der Waals surface area contributed by atoms with Gasteiger partial charge in [-0.15, -0.1) is 0 Å². The summed E-state index contributed by atoms with van der Waals surface area (Å²) >= 11 is 3.73. The zero-order valence-electron chi connectivity index (χ0n) is 10.3. The molecule has 2 fully saturated rings. The number of alkyl halides is 1. The number of hydrogen-bond donors (Lipinski definition) is 0. The summed E-state index contributed by atoms with van der Waals surface area (Å²) in [7, 11) is 0. The minimum Gasteiger partial charge on any atom is -0.0922 e. The smallest absolute Gasteiger partial charge is 0.00880 e. The first-order valence-corrected chi connectivity index (χ1v) is 7.73. The van der Waals surface area contributed by atoms with E-state index in [0.29, 0.717) is 10.8 Å². The van der Waals surface area contributed by atoms with Crippen LogP contribution in [0.3, 0.4) is 0 Å². The highest BCUT2D eigenvalue weighted by Gasteiger charge is 2.39. The molecule has 2 aliphatic carbocycles. The molecule has 0 atom stereocenters. The molecule has 0 aromatic heterocycles. The highest BCUT2D eigenvalue weighted by atomic mass is 79.9. The lowest BCUT2D eigenvalue weighted by molar-refractivity contribution is 0.0878. The van der Waals surface area contributed by atoms with Gasteiger partial charge in [-0.05, 0) is 61.7 Å². The molecule has 2 rings (SSSR count). The van der Waals surface area contributed by atoms with Crippen LogP contribution in [-0.4, -0.2) is 5.33 Å². The molecule has 0 amide bonds. The van der Waals surface area contributed by atoms with E-state index in [-0.39, 0.29) is 0 Å². The molecule has 15 heavy (non-hydrogen) atoms. The van der Waals surface area contributed by atoms with Crippen LogP contribution in [0.1, 0.15) is 65.2 Å². The summed E-state index contributed by atoms with van der Waals surface area (Å²) in [5, 5.41) is 1.25. The van der Waals surface area contributed by atoms with Crippen molar-refractivity contribution in [1.29, 1.82) is 0 Å². The fraction of sp³-hybridized carbons (Fsp3) is 1.00. The third-order valence-electron chi connectivity index (χ3n) is 4.88. The summed E-state index contributed by atoms with van der Waals surface area (Å²) in [6.45, 7) is 4.87. The Balaban J connectivity index is 1.81. The van der Waals surface area contributed by atoms with Crippen LogP contribution in [0.25, 0.3) is 0 Å². The molecular weight excluding hydrogens is 248 g/mol. The first kappa shape index (κ1) is 12.0. The molecule has 0 aromatic rings. The van der Waals surface area contributed by atoms with Crippen molar-refractivity contribution in [3.8, 4) is 0 Å². The topological polar surface area (TPSA) is 0 Å². The summed E-state index contributed by atoms with van der Waals surface area (Å²) in [5.74, 6) is 1.04. The van der Waals surface area contributed by atoms with Gasteiger partial charge in [-0.2, -0.15) is 0 Å². The van der Waals surface area contributed by atoms with Gasteiger partial charge in [0.15, 0.2) is 0 Å². The Bertz CT molecular complexity index is 200. The molecule has 0 aromatic carbocycles. The van der Waals surface area contributed by atoms with Gasteiger partial charge in [0.05, 0.1) is 0 Å². The minimum atomic E-state index is 0.637. The standard InChI is InChI=1S/C14H25Br/c1-13(2)8-4-12(5-9-13)10-14(11-15)6-3-7-14/h12H,3-11H2,1-2H3. The molecule has 0 heterocycles. The van der Waals surface area contributed by atoms with Crippen LogP contribution in [0.4, 0.5) is 0 Å². The van der Waals surface area contributed by atoms with Gasteiger partial charge < -0.3 is 0 Å². The zero-order valence-corrected chi connectivity index (χ0v) is 11.9. The first-order chi connectivity index (χ1) is 7.05. The average molecular weight is 273 g/mol. The zero-order chi connectivity index (χ0) is 10.9. The van der Waals surface area contributed by atoms with Gasteiger partial charge in [0, 0.05) is 5.33 Å². The van der Waals surface area contributed by atoms with Crippen LogP contribution in [-0.2, 0) is 0 Å². The van der Waals surface area contributed by atoms with E-state index in [1.807, 2.05) is 0 Å². The van der Waals surface area contributed by atoms with Crippen molar-refractivity contribution in [1.82, 2.24) is 0 Å². The second-order valence-corrected chi connectivity index (χ2v) is 7.36. The van der Waals surface area contributed by atoms with Crippen molar-refractivity contribution < 1.29 is 0 Å². The molecule has 0 spiro atoms. The van der Waals surface area contributed by atoms with Gasteiger partial charge in [0.2, 0.25) is 0 Å². The Morgan fingerprint density at radius 3 is 2.07 bits per heavy atom. The maximum absolute atomic E-state index is 3.73. The van der Waals surface area contributed by atoms with E-state index >= 15 is 0 Å². The lowest BCUT2D eigenvalue weighted by atomic mass is 9.62. The monoisotopic (exact) mass is 272 g/mol. The lowest BCUT2D eigenvalue weighted by Crippen LogP contribution is -2.35. The molecule has 2 aliphatic rings. The predicted molar refractivity (Wildman–Crippen MR) is 70.4 cm³/mol. The third kappa shape index (κ3) is 2.78. The molecule has 2 saturated carbocycles. The van der Waals surface area contributed by atoms with Gasteiger partial charge in [0.1, 0.15) is 0 Å². The van der Waals surface area contributed by atoms with Crippen molar-refractivity contribution >= 4 is 15.9 Å². The van der Waals surface area contributed by atoms with E-state index in [9.17, 15) is 0 Å². The van der Waals surface area contributed by atoms with Crippen LogP contribution in [0.15, 0.2) is 0 Å². The normalized spacial score (nSPS) is 29.8. The van der Waals surface area contributed by atoms with Crippen LogP contribution in [0.5, 0.6) is 0 Å². The third-order valence-corrected chi connectivity index (χ3v) is 6.07. The van der Waals surface area contributed by atoms with E-state index in [4.69, 9.17) is 0 Å². The highest BCUT2D eigenvalue weighted by Crippen LogP contribution is 2.50. The van der Waals surface area contributed by atoms with Crippen LogP contribution < -0.4 is 0 Å². The minimum absolute atomic E-state index is 0.637. The van der Waals surface area contributed by atoms with Crippen LogP contribution in [0.2, 0.25) is 0 Å². The van der Waals surface area contributed by atoms with Crippen LogP contribution >= 0.6 is 15.9 Å². The molecule has 88 valence electrons. The van der Waals surface area contributed by atoms with Gasteiger partial charge in [-0.1, -0.05) is 36.2 Å². The quantitative estimate of drug-likeness (QED) is 0.623. The molecule has 0 aliphatic heterocycles. The van der Waals surface area contributed by atoms with Crippen molar-refractivity contribution in [2.24, 2.45) is 16.7 Å². The van der Waals surface area contributed by atoms with E-state index < -0.39 is 0 Å². The van der Waals surface area contributed by atoms with Crippen LogP contribution in [0, 0.1) is 16.7 Å². The summed E-state index contributed by atoms with van der Waals surface area (Å²) in [5.41, 5.74) is 1.35.